The fraction of sp³-hybridized carbons (Fsp3) is 0.176. The molecule has 7 nitrogen and oxygen atoms in total. The van der Waals surface area contributed by atoms with Crippen molar-refractivity contribution in [1.82, 2.24) is 0 Å². The molecule has 0 saturated carbocycles. The summed E-state index contributed by atoms with van der Waals surface area (Å²) in [5.41, 5.74) is 1.15. The zero-order valence-corrected chi connectivity index (χ0v) is 14.8. The lowest BCUT2D eigenvalue weighted by molar-refractivity contribution is -0.121. The van der Waals surface area contributed by atoms with Crippen LogP contribution < -0.4 is 14.6 Å². The first-order valence-corrected chi connectivity index (χ1v) is 8.37. The van der Waals surface area contributed by atoms with Crippen LogP contribution in [0.5, 0.6) is 5.75 Å². The van der Waals surface area contributed by atoms with Crippen molar-refractivity contribution in [2.24, 2.45) is 10.3 Å². The SMILES string of the molecule is COc1cccc(N2C(=O)C3N=NN(c4ccccc4Br)C3C2=O)c1. The first kappa shape index (κ1) is 15.8. The zero-order chi connectivity index (χ0) is 17.6. The average molecular weight is 401 g/mol. The summed E-state index contributed by atoms with van der Waals surface area (Å²) in [4.78, 5) is 26.9. The number of hydrogen-bond acceptors (Lipinski definition) is 6. The Bertz CT molecular complexity index is 901. The van der Waals surface area contributed by atoms with Gasteiger partial charge in [0.15, 0.2) is 12.1 Å². The molecule has 2 atom stereocenters. The van der Waals surface area contributed by atoms with E-state index in [1.54, 1.807) is 24.3 Å². The molecule has 2 unspecified atom stereocenters. The van der Waals surface area contributed by atoms with Crippen molar-refractivity contribution in [2.75, 3.05) is 17.0 Å². The van der Waals surface area contributed by atoms with Gasteiger partial charge in [0, 0.05) is 10.5 Å². The summed E-state index contributed by atoms with van der Waals surface area (Å²) in [6.45, 7) is 0. The molecule has 4 rings (SSSR count). The Morgan fingerprint density at radius 1 is 1.08 bits per heavy atom. The number of nitrogens with zero attached hydrogens (tertiary/aromatic N) is 4. The summed E-state index contributed by atoms with van der Waals surface area (Å²) in [7, 11) is 1.53. The van der Waals surface area contributed by atoms with Crippen LogP contribution in [0.2, 0.25) is 0 Å². The highest BCUT2D eigenvalue weighted by Gasteiger charge is 2.55. The number of imide groups is 1. The van der Waals surface area contributed by atoms with Crippen molar-refractivity contribution in [3.63, 3.8) is 0 Å². The third-order valence-electron chi connectivity index (χ3n) is 4.19. The lowest BCUT2D eigenvalue weighted by Crippen LogP contribution is -2.40. The smallest absolute Gasteiger partial charge is 0.263 e. The van der Waals surface area contributed by atoms with Gasteiger partial charge in [0.2, 0.25) is 0 Å². The van der Waals surface area contributed by atoms with E-state index < -0.39 is 12.1 Å². The average Bonchev–Trinajstić information content (AvgIpc) is 3.16. The van der Waals surface area contributed by atoms with Gasteiger partial charge in [-0.05, 0) is 40.2 Å². The van der Waals surface area contributed by atoms with Crippen LogP contribution in [0, 0.1) is 0 Å². The summed E-state index contributed by atoms with van der Waals surface area (Å²) in [5.74, 6) is -0.176. The molecule has 1 fully saturated rings. The molecule has 2 aromatic rings. The molecule has 0 aromatic heterocycles. The minimum absolute atomic E-state index is 0.357. The number of hydrogen-bond donors (Lipinski definition) is 0. The lowest BCUT2D eigenvalue weighted by Gasteiger charge is -2.21. The minimum atomic E-state index is -0.842. The van der Waals surface area contributed by atoms with E-state index in [0.717, 1.165) is 9.37 Å². The van der Waals surface area contributed by atoms with Crippen LogP contribution in [0.4, 0.5) is 11.4 Å². The quantitative estimate of drug-likeness (QED) is 0.742. The Labute approximate surface area is 152 Å². The summed E-state index contributed by atoms with van der Waals surface area (Å²) < 4.78 is 5.95. The molecular formula is C17H13BrN4O3. The maximum atomic E-state index is 13.0. The topological polar surface area (TPSA) is 74.6 Å². The van der Waals surface area contributed by atoms with Crippen LogP contribution in [0.1, 0.15) is 0 Å². The second-order valence-electron chi connectivity index (χ2n) is 5.60. The van der Waals surface area contributed by atoms with Crippen molar-refractivity contribution in [3.8, 4) is 5.75 Å². The van der Waals surface area contributed by atoms with E-state index in [9.17, 15) is 9.59 Å². The highest BCUT2D eigenvalue weighted by Crippen LogP contribution is 2.38. The second kappa shape index (κ2) is 5.96. The number of ether oxygens (including phenoxy) is 1. The van der Waals surface area contributed by atoms with E-state index in [1.165, 1.54) is 12.1 Å². The van der Waals surface area contributed by atoms with E-state index in [1.807, 2.05) is 24.3 Å². The molecule has 2 aliphatic rings. The van der Waals surface area contributed by atoms with Crippen LogP contribution in [0.3, 0.4) is 0 Å². The molecule has 0 bridgehead atoms. The maximum absolute atomic E-state index is 13.0. The fourth-order valence-corrected chi connectivity index (χ4v) is 3.47. The third kappa shape index (κ3) is 2.41. The number of anilines is 2. The Morgan fingerprint density at radius 3 is 2.64 bits per heavy atom. The normalized spacial score (nSPS) is 21.8. The van der Waals surface area contributed by atoms with Crippen LogP contribution in [0.15, 0.2) is 63.3 Å². The first-order valence-electron chi connectivity index (χ1n) is 7.58. The Morgan fingerprint density at radius 2 is 1.88 bits per heavy atom. The summed E-state index contributed by atoms with van der Waals surface area (Å²) in [6, 6.07) is 12.6. The predicted octanol–water partition coefficient (Wildman–Crippen LogP) is 2.96. The molecule has 0 spiro atoms. The number of amides is 2. The van der Waals surface area contributed by atoms with Gasteiger partial charge in [-0.15, -0.1) is 0 Å². The van der Waals surface area contributed by atoms with Gasteiger partial charge in [-0.25, -0.2) is 9.91 Å². The number of carbonyl (C=O) groups is 2. The van der Waals surface area contributed by atoms with Gasteiger partial charge in [0.05, 0.1) is 18.5 Å². The van der Waals surface area contributed by atoms with E-state index in [0.29, 0.717) is 17.1 Å². The molecule has 0 aliphatic carbocycles. The molecule has 2 amide bonds. The predicted molar refractivity (Wildman–Crippen MR) is 94.5 cm³/mol. The van der Waals surface area contributed by atoms with Crippen LogP contribution in [-0.4, -0.2) is 31.0 Å². The zero-order valence-electron chi connectivity index (χ0n) is 13.2. The van der Waals surface area contributed by atoms with Crippen LogP contribution in [0.25, 0.3) is 0 Å². The van der Waals surface area contributed by atoms with Gasteiger partial charge < -0.3 is 4.74 Å². The van der Waals surface area contributed by atoms with Gasteiger partial charge in [-0.3, -0.25) is 9.59 Å². The van der Waals surface area contributed by atoms with Gasteiger partial charge in [0.1, 0.15) is 5.75 Å². The van der Waals surface area contributed by atoms with Gasteiger partial charge >= 0.3 is 0 Å². The number of rotatable bonds is 3. The molecule has 8 heteroatoms. The van der Waals surface area contributed by atoms with Crippen molar-refractivity contribution in [2.45, 2.75) is 12.1 Å². The molecule has 126 valence electrons. The molecule has 2 aromatic carbocycles. The van der Waals surface area contributed by atoms with Crippen molar-refractivity contribution < 1.29 is 14.3 Å². The van der Waals surface area contributed by atoms with Crippen molar-refractivity contribution >= 4 is 39.1 Å². The summed E-state index contributed by atoms with van der Waals surface area (Å²) in [5, 5.41) is 9.58. The van der Waals surface area contributed by atoms with Gasteiger partial charge in [-0.2, -0.15) is 5.11 Å². The van der Waals surface area contributed by atoms with Gasteiger partial charge in [-0.1, -0.05) is 23.4 Å². The fourth-order valence-electron chi connectivity index (χ4n) is 3.00. The molecule has 25 heavy (non-hydrogen) atoms. The van der Waals surface area contributed by atoms with E-state index in [2.05, 4.69) is 26.3 Å². The molecular weight excluding hydrogens is 388 g/mol. The van der Waals surface area contributed by atoms with E-state index in [-0.39, 0.29) is 11.8 Å². The Kier molecular flexibility index (Phi) is 3.76. The third-order valence-corrected chi connectivity index (χ3v) is 4.86. The standard InChI is InChI=1S/C17H13BrN4O3/c1-25-11-6-4-5-10(9-11)21-16(23)14-15(17(21)24)22(20-19-14)13-8-3-2-7-12(13)18/h2-9,14-15H,1H3. The largest absolute Gasteiger partial charge is 0.497 e. The first-order chi connectivity index (χ1) is 12.1. The maximum Gasteiger partial charge on any atom is 0.263 e. The minimum Gasteiger partial charge on any atom is -0.497 e. The molecule has 0 N–H and O–H groups in total. The Balaban J connectivity index is 1.72. The molecule has 2 heterocycles. The number of halogens is 1. The number of fused-ring (bicyclic) bond motifs is 1. The van der Waals surface area contributed by atoms with Crippen molar-refractivity contribution in [3.05, 3.63) is 53.0 Å². The molecule has 1 saturated heterocycles. The van der Waals surface area contributed by atoms with Crippen molar-refractivity contribution in [1.29, 1.82) is 0 Å². The number of para-hydroxylation sites is 1. The lowest BCUT2D eigenvalue weighted by atomic mass is 10.1. The Hall–Kier alpha value is -2.74. The van der Waals surface area contributed by atoms with E-state index >= 15 is 0 Å². The number of carbonyl (C=O) groups excluding carboxylic acids is 2. The monoisotopic (exact) mass is 400 g/mol. The number of benzene rings is 2. The molecule has 2 aliphatic heterocycles. The summed E-state index contributed by atoms with van der Waals surface area (Å²) in [6.07, 6.45) is 0. The highest BCUT2D eigenvalue weighted by molar-refractivity contribution is 9.10. The summed E-state index contributed by atoms with van der Waals surface area (Å²) >= 11 is 3.45. The van der Waals surface area contributed by atoms with Crippen LogP contribution in [-0.2, 0) is 9.59 Å². The highest BCUT2D eigenvalue weighted by atomic mass is 79.9. The number of methoxy groups -OCH3 is 1. The molecule has 0 radical (unpaired) electrons. The van der Waals surface area contributed by atoms with E-state index in [4.69, 9.17) is 4.74 Å². The van der Waals surface area contributed by atoms with Crippen LogP contribution >= 0.6 is 15.9 Å². The second-order valence-corrected chi connectivity index (χ2v) is 6.46. The van der Waals surface area contributed by atoms with Gasteiger partial charge in [0.25, 0.3) is 11.8 Å².